The summed E-state index contributed by atoms with van der Waals surface area (Å²) in [6.45, 7) is 0. The summed E-state index contributed by atoms with van der Waals surface area (Å²) >= 11 is 3.26. The fourth-order valence-corrected chi connectivity index (χ4v) is 2.56. The predicted octanol–water partition coefficient (Wildman–Crippen LogP) is 1.70. The van der Waals surface area contributed by atoms with Gasteiger partial charge in [0.1, 0.15) is 5.82 Å². The van der Waals surface area contributed by atoms with Gasteiger partial charge in [-0.25, -0.2) is 4.98 Å². The highest BCUT2D eigenvalue weighted by Crippen LogP contribution is 2.30. The molecular weight excluding hydrogens is 303 g/mol. The second-order valence-electron chi connectivity index (χ2n) is 4.24. The molecule has 2 rings (SSSR count). The second-order valence-corrected chi connectivity index (χ2v) is 5.09. The zero-order chi connectivity index (χ0) is 13.1. The SMILES string of the molecule is CNC(=O)C1CCCC1Nc1nc(F)ncc1Br. The van der Waals surface area contributed by atoms with Crippen molar-refractivity contribution in [1.29, 1.82) is 0 Å². The van der Waals surface area contributed by atoms with Crippen LogP contribution in [0.25, 0.3) is 0 Å². The van der Waals surface area contributed by atoms with Crippen LogP contribution in [0.5, 0.6) is 0 Å². The Labute approximate surface area is 113 Å². The third kappa shape index (κ3) is 2.77. The first kappa shape index (κ1) is 13.2. The van der Waals surface area contributed by atoms with Crippen LogP contribution in [0.3, 0.4) is 0 Å². The molecule has 1 aromatic heterocycles. The highest BCUT2D eigenvalue weighted by molar-refractivity contribution is 9.10. The van der Waals surface area contributed by atoms with Crippen LogP contribution in [0.1, 0.15) is 19.3 Å². The van der Waals surface area contributed by atoms with Gasteiger partial charge in [0.05, 0.1) is 10.4 Å². The molecule has 1 aromatic rings. The molecule has 1 heterocycles. The van der Waals surface area contributed by atoms with E-state index >= 15 is 0 Å². The van der Waals surface area contributed by atoms with Gasteiger partial charge in [0.25, 0.3) is 0 Å². The fraction of sp³-hybridized carbons (Fsp3) is 0.545. The third-order valence-electron chi connectivity index (χ3n) is 3.14. The number of nitrogens with zero attached hydrogens (tertiary/aromatic N) is 2. The molecule has 0 spiro atoms. The van der Waals surface area contributed by atoms with Crippen molar-refractivity contribution in [3.05, 3.63) is 16.7 Å². The highest BCUT2D eigenvalue weighted by atomic mass is 79.9. The number of hydrogen-bond donors (Lipinski definition) is 2. The zero-order valence-corrected chi connectivity index (χ0v) is 11.5. The second kappa shape index (κ2) is 5.60. The molecule has 7 heteroatoms. The van der Waals surface area contributed by atoms with Crippen molar-refractivity contribution in [1.82, 2.24) is 15.3 Å². The van der Waals surface area contributed by atoms with Gasteiger partial charge in [0.2, 0.25) is 5.91 Å². The number of amides is 1. The molecule has 1 fully saturated rings. The molecule has 2 unspecified atom stereocenters. The summed E-state index contributed by atoms with van der Waals surface area (Å²) in [5.41, 5.74) is 0. The van der Waals surface area contributed by atoms with Gasteiger partial charge in [-0.3, -0.25) is 4.79 Å². The third-order valence-corrected chi connectivity index (χ3v) is 3.72. The van der Waals surface area contributed by atoms with E-state index in [0.29, 0.717) is 10.3 Å². The van der Waals surface area contributed by atoms with Gasteiger partial charge < -0.3 is 10.6 Å². The zero-order valence-electron chi connectivity index (χ0n) is 9.91. The minimum Gasteiger partial charge on any atom is -0.365 e. The molecule has 18 heavy (non-hydrogen) atoms. The number of anilines is 1. The Morgan fingerprint density at radius 2 is 2.33 bits per heavy atom. The Bertz CT molecular complexity index is 457. The number of aromatic nitrogens is 2. The van der Waals surface area contributed by atoms with Crippen LogP contribution in [-0.2, 0) is 4.79 Å². The maximum Gasteiger partial charge on any atom is 0.310 e. The van der Waals surface area contributed by atoms with Crippen molar-refractivity contribution in [3.63, 3.8) is 0 Å². The van der Waals surface area contributed by atoms with E-state index < -0.39 is 6.08 Å². The van der Waals surface area contributed by atoms with Crippen molar-refractivity contribution >= 4 is 27.7 Å². The van der Waals surface area contributed by atoms with Gasteiger partial charge in [-0.2, -0.15) is 9.37 Å². The first-order valence-corrected chi connectivity index (χ1v) is 6.57. The Balaban J connectivity index is 2.13. The lowest BCUT2D eigenvalue weighted by atomic mass is 10.0. The van der Waals surface area contributed by atoms with E-state index in [1.54, 1.807) is 7.05 Å². The Hall–Kier alpha value is -1.24. The minimum atomic E-state index is -0.782. The minimum absolute atomic E-state index is 0.00986. The lowest BCUT2D eigenvalue weighted by molar-refractivity contribution is -0.124. The first-order chi connectivity index (χ1) is 8.61. The van der Waals surface area contributed by atoms with Crippen LogP contribution in [0.4, 0.5) is 10.2 Å². The topological polar surface area (TPSA) is 66.9 Å². The Kier molecular flexibility index (Phi) is 4.11. The lowest BCUT2D eigenvalue weighted by Crippen LogP contribution is -2.36. The van der Waals surface area contributed by atoms with E-state index in [1.165, 1.54) is 6.20 Å². The molecule has 0 saturated heterocycles. The number of hydrogen-bond acceptors (Lipinski definition) is 4. The highest BCUT2D eigenvalue weighted by Gasteiger charge is 2.32. The number of halogens is 2. The molecule has 2 atom stereocenters. The van der Waals surface area contributed by atoms with E-state index in [9.17, 15) is 9.18 Å². The van der Waals surface area contributed by atoms with Gasteiger partial charge >= 0.3 is 6.08 Å². The normalized spacial score (nSPS) is 22.8. The lowest BCUT2D eigenvalue weighted by Gasteiger charge is -2.20. The van der Waals surface area contributed by atoms with Crippen LogP contribution in [0, 0.1) is 12.0 Å². The van der Waals surface area contributed by atoms with Crippen LogP contribution < -0.4 is 10.6 Å². The number of rotatable bonds is 3. The van der Waals surface area contributed by atoms with E-state index in [2.05, 4.69) is 36.5 Å². The summed E-state index contributed by atoms with van der Waals surface area (Å²) < 4.78 is 13.6. The van der Waals surface area contributed by atoms with Crippen molar-refractivity contribution < 1.29 is 9.18 Å². The molecule has 0 radical (unpaired) electrons. The maximum atomic E-state index is 13.0. The van der Waals surface area contributed by atoms with E-state index in [4.69, 9.17) is 0 Å². The molecule has 98 valence electrons. The Morgan fingerprint density at radius 3 is 3.06 bits per heavy atom. The smallest absolute Gasteiger partial charge is 0.310 e. The summed E-state index contributed by atoms with van der Waals surface area (Å²) in [7, 11) is 1.62. The molecule has 5 nitrogen and oxygen atoms in total. The molecule has 1 aliphatic rings. The number of carbonyl (C=O) groups excluding carboxylic acids is 1. The molecule has 0 aromatic carbocycles. The van der Waals surface area contributed by atoms with Gasteiger partial charge in [-0.1, -0.05) is 6.42 Å². The molecular formula is C11H14BrFN4O. The summed E-state index contributed by atoms with van der Waals surface area (Å²) in [6.07, 6.45) is 3.25. The fourth-order valence-electron chi connectivity index (χ4n) is 2.25. The van der Waals surface area contributed by atoms with E-state index in [1.807, 2.05) is 0 Å². The molecule has 1 aliphatic carbocycles. The quantitative estimate of drug-likeness (QED) is 0.833. The maximum absolute atomic E-state index is 13.0. The summed E-state index contributed by atoms with van der Waals surface area (Å²) in [5, 5.41) is 5.77. The van der Waals surface area contributed by atoms with Gasteiger partial charge in [0.15, 0.2) is 0 Å². The van der Waals surface area contributed by atoms with Crippen LogP contribution in [0.2, 0.25) is 0 Å². The van der Waals surface area contributed by atoms with Gasteiger partial charge in [-0.05, 0) is 28.8 Å². The summed E-state index contributed by atoms with van der Waals surface area (Å²) in [5.74, 6) is 0.305. The van der Waals surface area contributed by atoms with E-state index in [-0.39, 0.29) is 17.9 Å². The van der Waals surface area contributed by atoms with Gasteiger partial charge in [-0.15, -0.1) is 0 Å². The van der Waals surface area contributed by atoms with E-state index in [0.717, 1.165) is 19.3 Å². The molecule has 0 aliphatic heterocycles. The summed E-state index contributed by atoms with van der Waals surface area (Å²) in [6, 6.07) is -0.0180. The molecule has 1 amide bonds. The Morgan fingerprint density at radius 1 is 1.56 bits per heavy atom. The van der Waals surface area contributed by atoms with Gasteiger partial charge in [0, 0.05) is 19.3 Å². The average molecular weight is 317 g/mol. The van der Waals surface area contributed by atoms with Crippen molar-refractivity contribution in [3.8, 4) is 0 Å². The molecule has 1 saturated carbocycles. The monoisotopic (exact) mass is 316 g/mol. The first-order valence-electron chi connectivity index (χ1n) is 5.78. The molecule has 2 N–H and O–H groups in total. The number of carbonyl (C=O) groups is 1. The van der Waals surface area contributed by atoms with Crippen molar-refractivity contribution in [2.24, 2.45) is 5.92 Å². The van der Waals surface area contributed by atoms with Crippen molar-refractivity contribution in [2.75, 3.05) is 12.4 Å². The predicted molar refractivity (Wildman–Crippen MR) is 68.5 cm³/mol. The van der Waals surface area contributed by atoms with Crippen LogP contribution in [0.15, 0.2) is 10.7 Å². The van der Waals surface area contributed by atoms with Crippen molar-refractivity contribution in [2.45, 2.75) is 25.3 Å². The number of nitrogens with one attached hydrogen (secondary N) is 2. The summed E-state index contributed by atoms with van der Waals surface area (Å²) in [4.78, 5) is 18.8. The van der Waals surface area contributed by atoms with Crippen LogP contribution in [-0.4, -0.2) is 29.0 Å². The largest absolute Gasteiger partial charge is 0.365 e. The van der Waals surface area contributed by atoms with Crippen LogP contribution >= 0.6 is 15.9 Å². The molecule has 0 bridgehead atoms. The average Bonchev–Trinajstić information content (AvgIpc) is 2.81. The standard InChI is InChI=1S/C11H14BrFN4O/c1-14-10(18)6-3-2-4-8(6)16-9-7(12)5-15-11(13)17-9/h5-6,8H,2-4H2,1H3,(H,14,18)(H,15,16,17).